The topological polar surface area (TPSA) is 143 Å². The first kappa shape index (κ1) is 43.3. The molecular formula is C27H44AcO9P10. The van der Waals surface area contributed by atoms with Gasteiger partial charge >= 0.3 is 5.97 Å². The Morgan fingerprint density at radius 3 is 2.19 bits per heavy atom. The zero-order valence-corrected chi connectivity index (χ0v) is 41.7. The quantitative estimate of drug-likeness (QED) is 0.128. The average Bonchev–Trinajstić information content (AvgIpc) is 2.99. The summed E-state index contributed by atoms with van der Waals surface area (Å²) >= 11 is 0. The molecule has 0 aromatic heterocycles. The second-order valence-electron chi connectivity index (χ2n) is 13.1. The van der Waals surface area contributed by atoms with Gasteiger partial charge in [0, 0.05) is 75.2 Å². The van der Waals surface area contributed by atoms with Crippen LogP contribution in [0.3, 0.4) is 0 Å². The van der Waals surface area contributed by atoms with Gasteiger partial charge in [0.15, 0.2) is 5.78 Å². The van der Waals surface area contributed by atoms with Gasteiger partial charge in [-0.3, -0.25) is 4.79 Å². The molecule has 2 saturated carbocycles. The number of fused-ring (bicyclic) bond motifs is 5. The Balaban J connectivity index is 0.00000500. The van der Waals surface area contributed by atoms with E-state index in [-0.39, 0.29) is 69.1 Å². The molecule has 259 valence electrons. The van der Waals surface area contributed by atoms with Gasteiger partial charge in [0.2, 0.25) is 0 Å². The van der Waals surface area contributed by atoms with Crippen LogP contribution in [0, 0.1) is 60.8 Å². The van der Waals surface area contributed by atoms with Crippen molar-refractivity contribution < 1.29 is 88.1 Å². The Morgan fingerprint density at radius 1 is 1.06 bits per heavy atom. The molecule has 9 nitrogen and oxygen atoms in total. The maximum atomic E-state index is 15.4. The van der Waals surface area contributed by atoms with Crippen LogP contribution in [0.1, 0.15) is 50.9 Å². The largest absolute Gasteiger partial charge is 0.455 e. The van der Waals surface area contributed by atoms with Crippen LogP contribution in [0.25, 0.3) is 0 Å². The number of carbonyl (C=O) groups excluding carboxylic acids is 2. The zero-order chi connectivity index (χ0) is 34.1. The third-order valence-corrected chi connectivity index (χ3v) is 57.7. The van der Waals surface area contributed by atoms with E-state index < -0.39 is 98.7 Å². The second-order valence-corrected chi connectivity index (χ2v) is 47.6. The predicted molar refractivity (Wildman–Crippen MR) is 209 cm³/mol. The molecule has 5 rings (SSSR count). The number of aliphatic hydroxyl groups excluding tert-OH is 2. The van der Waals surface area contributed by atoms with Gasteiger partial charge in [0.05, 0.1) is 43.4 Å². The van der Waals surface area contributed by atoms with Gasteiger partial charge in [0.25, 0.3) is 0 Å². The maximum Gasteiger partial charge on any atom is 0.338 e. The molecule has 1 saturated heterocycles. The first-order valence-electron chi connectivity index (χ1n) is 14.6. The van der Waals surface area contributed by atoms with E-state index in [0.29, 0.717) is 19.1 Å². The number of ketones is 1. The third kappa shape index (κ3) is 7.36. The van der Waals surface area contributed by atoms with E-state index in [1.54, 1.807) is 58.0 Å². The normalized spacial score (nSPS) is 39.3. The molecule has 2 bridgehead atoms. The molecule has 1 aliphatic heterocycles. The molecule has 1 aromatic carbocycles. The summed E-state index contributed by atoms with van der Waals surface area (Å²) in [5.41, 5.74) is -5.51. The summed E-state index contributed by atoms with van der Waals surface area (Å²) in [6, 6.07) is 8.32. The number of rotatable bonds is 8. The third-order valence-electron chi connectivity index (χ3n) is 10.5. The summed E-state index contributed by atoms with van der Waals surface area (Å²) in [6.07, 6.45) is -6.29. The molecule has 0 spiro atoms. The number of ether oxygens (including phenoxy) is 2. The Labute approximate surface area is 330 Å². The first-order valence-corrected chi connectivity index (χ1v) is 32.2. The van der Waals surface area contributed by atoms with E-state index in [9.17, 15) is 25.2 Å². The summed E-state index contributed by atoms with van der Waals surface area (Å²) in [6.45, 7) is 4.74. The fraction of sp³-hybridized carbons (Fsp3) is 0.630. The first-order chi connectivity index (χ1) is 21.4. The number of benzene rings is 1. The van der Waals surface area contributed by atoms with Crippen LogP contribution < -0.4 is 0 Å². The zero-order valence-electron chi connectivity index (χ0n) is 26.6. The van der Waals surface area contributed by atoms with Crippen molar-refractivity contribution in [3.05, 3.63) is 47.0 Å². The monoisotopic (exact) mass is 1050 g/mol. The summed E-state index contributed by atoms with van der Waals surface area (Å²) in [7, 11) is 13.7. The van der Waals surface area contributed by atoms with Crippen molar-refractivity contribution in [2.45, 2.75) is 82.3 Å². The van der Waals surface area contributed by atoms with Crippen molar-refractivity contribution in [2.24, 2.45) is 16.7 Å². The number of esters is 1. The van der Waals surface area contributed by atoms with Gasteiger partial charge in [-0.1, -0.05) is 40.0 Å². The SMILES string of the molecule is CC1=C2C(OP(P(P)P)P(PP)P(P)P)C(=O)[C@]3(C)C(O)CC4OCC4(O)C3C(OC(=O)c3ccccc3)C(O)(CC1O)C2(C)C.[Ac]. The van der Waals surface area contributed by atoms with Crippen LogP contribution in [0.15, 0.2) is 41.5 Å². The van der Waals surface area contributed by atoms with Gasteiger partial charge in [0.1, 0.15) is 23.4 Å². The van der Waals surface area contributed by atoms with E-state index in [2.05, 4.69) is 44.6 Å². The molecule has 16 unspecified atom stereocenters. The van der Waals surface area contributed by atoms with Gasteiger partial charge in [-0.2, -0.15) is 0 Å². The van der Waals surface area contributed by atoms with Crippen LogP contribution in [-0.4, -0.2) is 80.5 Å². The maximum absolute atomic E-state index is 15.4. The summed E-state index contributed by atoms with van der Waals surface area (Å²) in [5, 5.41) is 48.9. The molecule has 1 heterocycles. The molecule has 3 aliphatic carbocycles. The van der Waals surface area contributed by atoms with E-state index in [1.165, 1.54) is 0 Å². The molecule has 47 heavy (non-hydrogen) atoms. The molecule has 0 amide bonds. The van der Waals surface area contributed by atoms with Crippen LogP contribution >= 0.6 is 81.1 Å². The van der Waals surface area contributed by atoms with E-state index >= 15 is 4.79 Å². The minimum atomic E-state index is -1.98. The Hall–Kier alpha value is 3.60. The van der Waals surface area contributed by atoms with Crippen LogP contribution in [0.5, 0.6) is 0 Å². The molecular weight excluding hydrogens is 1010 g/mol. The van der Waals surface area contributed by atoms with E-state index in [4.69, 9.17) is 14.0 Å². The van der Waals surface area contributed by atoms with Crippen molar-refractivity contribution in [1.29, 1.82) is 0 Å². The summed E-state index contributed by atoms with van der Waals surface area (Å²) in [4.78, 5) is 29.2. The minimum absolute atomic E-state index is 0. The Kier molecular flexibility index (Phi) is 15.1. The molecule has 4 N–H and O–H groups in total. The number of hydrogen-bond acceptors (Lipinski definition) is 9. The van der Waals surface area contributed by atoms with Gasteiger partial charge in [-0.05, 0) is 51.1 Å². The molecule has 1 aromatic rings. The molecule has 4 aliphatic rings. The minimum Gasteiger partial charge on any atom is -0.455 e. The fourth-order valence-electron chi connectivity index (χ4n) is 7.83. The average molecular weight is 1050 g/mol. The number of hydrogen-bond donors (Lipinski definition) is 4. The van der Waals surface area contributed by atoms with Crippen molar-refractivity contribution in [1.82, 2.24) is 0 Å². The van der Waals surface area contributed by atoms with Gasteiger partial charge in [-0.15, -0.1) is 44.6 Å². The number of carbonyl (C=O) groups is 2. The van der Waals surface area contributed by atoms with Crippen molar-refractivity contribution >= 4 is 92.8 Å². The number of aliphatic hydroxyl groups is 4. The van der Waals surface area contributed by atoms with Crippen molar-refractivity contribution in [3.8, 4) is 0 Å². The smallest absolute Gasteiger partial charge is 0.338 e. The number of Topliss-reactive ketones (excluding diaryl/α,β-unsaturated/α-hetero) is 1. The molecule has 17 atom stereocenters. The molecule has 20 heteroatoms. The summed E-state index contributed by atoms with van der Waals surface area (Å²) < 4.78 is 19.1. The predicted octanol–water partition coefficient (Wildman–Crippen LogP) is 6.67. The van der Waals surface area contributed by atoms with E-state index in [1.807, 2.05) is 0 Å². The van der Waals surface area contributed by atoms with Crippen LogP contribution in [0.2, 0.25) is 0 Å². The van der Waals surface area contributed by atoms with Crippen LogP contribution in [0.4, 0.5) is 0 Å². The van der Waals surface area contributed by atoms with Crippen molar-refractivity contribution in [3.63, 3.8) is 0 Å². The van der Waals surface area contributed by atoms with Crippen LogP contribution in [-0.2, 0) is 18.8 Å². The van der Waals surface area contributed by atoms with Crippen molar-refractivity contribution in [2.75, 3.05) is 6.61 Å². The van der Waals surface area contributed by atoms with Gasteiger partial charge < -0.3 is 34.4 Å². The second kappa shape index (κ2) is 16.4. The standard InChI is InChI=1S/C27H44O9P10.Ac/c1-13-15(28)11-27(33)22(35-23(31)14-8-6-5-7-9-14)20-25(4,16(29)10-17-26(20,32)12-34-17)21(30)19(18(13)24(27,2)3)36-43(44(38)39)46(42-37)45(40)41;/h5-9,15-17,19-20,22,28-29,32-33,42H,10-12,37-41H2,1-4H3;/t15?,16?,17?,19?,20?,22?,25-,26?,27?,43?,46?;/m1./s1. The Bertz CT molecular complexity index is 1390. The fourth-order valence-corrected chi connectivity index (χ4v) is 73.8. The molecule has 3 fully saturated rings. The molecule has 1 radical (unpaired) electrons. The Morgan fingerprint density at radius 2 is 1.68 bits per heavy atom. The summed E-state index contributed by atoms with van der Waals surface area (Å²) in [5.74, 6) is -2.49. The van der Waals surface area contributed by atoms with Gasteiger partial charge in [-0.25, -0.2) is 4.79 Å². The van der Waals surface area contributed by atoms with E-state index in [0.717, 1.165) is 0 Å².